The van der Waals surface area contributed by atoms with Crippen LogP contribution in [0.2, 0.25) is 0 Å². The Morgan fingerprint density at radius 1 is 0.943 bits per heavy atom. The van der Waals surface area contributed by atoms with Crippen molar-refractivity contribution in [3.05, 3.63) is 88.8 Å². The van der Waals surface area contributed by atoms with E-state index in [0.717, 1.165) is 18.6 Å². The molecule has 182 valence electrons. The number of hydrogen-bond acceptors (Lipinski definition) is 1. The quantitative estimate of drug-likeness (QED) is 0.145. The Hall–Kier alpha value is -3.13. The number of nitrogens with zero attached hydrogens (tertiary/aromatic N) is 1. The molecular weight excluding hydrogens is 426 g/mol. The molecule has 0 bridgehead atoms. The molecule has 0 saturated heterocycles. The molecule has 35 heavy (non-hydrogen) atoms. The summed E-state index contributed by atoms with van der Waals surface area (Å²) in [4.78, 5) is 0. The van der Waals surface area contributed by atoms with Gasteiger partial charge in [0.05, 0.1) is 23.8 Å². The minimum absolute atomic E-state index is 0.402. The molecule has 0 saturated carbocycles. The lowest BCUT2D eigenvalue weighted by molar-refractivity contribution is -0.659. The summed E-state index contributed by atoms with van der Waals surface area (Å²) in [6.45, 7) is 11.0. The van der Waals surface area contributed by atoms with Crippen molar-refractivity contribution in [3.8, 4) is 11.3 Å². The molecule has 1 aromatic heterocycles. The first-order valence-electron chi connectivity index (χ1n) is 13.0. The molecule has 4 aromatic rings. The Labute approximate surface area is 211 Å². The fourth-order valence-electron chi connectivity index (χ4n) is 5.19. The van der Waals surface area contributed by atoms with E-state index in [1.165, 1.54) is 67.9 Å². The zero-order chi connectivity index (χ0) is 25.1. The van der Waals surface area contributed by atoms with Crippen molar-refractivity contribution in [1.82, 2.24) is 0 Å². The van der Waals surface area contributed by atoms with Gasteiger partial charge in [0.1, 0.15) is 7.05 Å². The van der Waals surface area contributed by atoms with E-state index < -0.39 is 0 Å². The monoisotopic (exact) mass is 466 g/mol. The van der Waals surface area contributed by atoms with E-state index in [-0.39, 0.29) is 0 Å². The van der Waals surface area contributed by atoms with Crippen molar-refractivity contribution in [2.75, 3.05) is 7.11 Å². The van der Waals surface area contributed by atoms with Crippen molar-refractivity contribution in [2.45, 2.75) is 60.3 Å². The number of ether oxygens (including phenoxy) is 1. The molecule has 1 unspecified atom stereocenters. The Balaban J connectivity index is 1.87. The Morgan fingerprint density at radius 3 is 2.46 bits per heavy atom. The SMILES string of the molecule is CCCCc1ccc2c(ccc3c(-c4cc(C)ccc4CC(C)C(C)=C(C)OC)[n+](C)ccc32)c1. The van der Waals surface area contributed by atoms with Crippen LogP contribution in [-0.4, -0.2) is 7.11 Å². The van der Waals surface area contributed by atoms with Gasteiger partial charge in [0, 0.05) is 11.5 Å². The van der Waals surface area contributed by atoms with Crippen LogP contribution < -0.4 is 4.57 Å². The molecule has 0 radical (unpaired) electrons. The molecule has 0 fully saturated rings. The molecule has 2 heteroatoms. The van der Waals surface area contributed by atoms with Crippen LogP contribution in [0.3, 0.4) is 0 Å². The van der Waals surface area contributed by atoms with Crippen LogP contribution in [0.25, 0.3) is 32.8 Å². The predicted octanol–water partition coefficient (Wildman–Crippen LogP) is 8.25. The van der Waals surface area contributed by atoms with E-state index in [4.69, 9.17) is 4.74 Å². The lowest BCUT2D eigenvalue weighted by Gasteiger charge is -2.18. The first-order valence-corrected chi connectivity index (χ1v) is 13.0. The summed E-state index contributed by atoms with van der Waals surface area (Å²) in [6.07, 6.45) is 6.82. The molecule has 0 spiro atoms. The summed E-state index contributed by atoms with van der Waals surface area (Å²) >= 11 is 0. The van der Waals surface area contributed by atoms with Crippen LogP contribution in [0.1, 0.15) is 57.2 Å². The van der Waals surface area contributed by atoms with Crippen LogP contribution in [0.4, 0.5) is 0 Å². The topological polar surface area (TPSA) is 13.1 Å². The minimum atomic E-state index is 0.402. The van der Waals surface area contributed by atoms with Crippen LogP contribution in [0.5, 0.6) is 0 Å². The van der Waals surface area contributed by atoms with Gasteiger partial charge in [0.2, 0.25) is 5.69 Å². The summed E-state index contributed by atoms with van der Waals surface area (Å²) < 4.78 is 7.82. The Morgan fingerprint density at radius 2 is 1.71 bits per heavy atom. The second-order valence-corrected chi connectivity index (χ2v) is 10.2. The summed E-state index contributed by atoms with van der Waals surface area (Å²) in [7, 11) is 3.93. The number of fused-ring (bicyclic) bond motifs is 3. The number of unbranched alkanes of at least 4 members (excludes halogenated alkanes) is 1. The molecule has 4 rings (SSSR count). The molecule has 3 aromatic carbocycles. The van der Waals surface area contributed by atoms with Crippen molar-refractivity contribution in [1.29, 1.82) is 0 Å². The Bertz CT molecular complexity index is 1400. The van der Waals surface area contributed by atoms with E-state index in [9.17, 15) is 0 Å². The van der Waals surface area contributed by atoms with Crippen LogP contribution >= 0.6 is 0 Å². The third-order valence-corrected chi connectivity index (χ3v) is 7.66. The zero-order valence-corrected chi connectivity index (χ0v) is 22.5. The number of aryl methyl sites for hydroxylation is 3. The zero-order valence-electron chi connectivity index (χ0n) is 22.5. The minimum Gasteiger partial charge on any atom is -0.501 e. The highest BCUT2D eigenvalue weighted by Crippen LogP contribution is 2.35. The lowest BCUT2D eigenvalue weighted by Crippen LogP contribution is -2.31. The second kappa shape index (κ2) is 10.6. The van der Waals surface area contributed by atoms with E-state index >= 15 is 0 Å². The highest BCUT2D eigenvalue weighted by Gasteiger charge is 2.21. The summed E-state index contributed by atoms with van der Waals surface area (Å²) in [6, 6.07) is 20.9. The number of benzene rings is 3. The van der Waals surface area contributed by atoms with Crippen molar-refractivity contribution in [2.24, 2.45) is 13.0 Å². The van der Waals surface area contributed by atoms with Gasteiger partial charge in [-0.3, -0.25) is 0 Å². The van der Waals surface area contributed by atoms with Gasteiger partial charge in [-0.25, -0.2) is 4.57 Å². The van der Waals surface area contributed by atoms with Gasteiger partial charge in [-0.05, 0) is 85.6 Å². The molecule has 0 aliphatic heterocycles. The number of hydrogen-bond donors (Lipinski definition) is 0. The number of allylic oxidation sites excluding steroid dienone is 2. The molecule has 0 aliphatic carbocycles. The first-order chi connectivity index (χ1) is 16.8. The van der Waals surface area contributed by atoms with Crippen LogP contribution in [0.15, 0.2) is 72.1 Å². The molecular formula is C33H40NO+. The van der Waals surface area contributed by atoms with Crippen LogP contribution in [0, 0.1) is 12.8 Å². The number of pyridine rings is 1. The normalized spacial score (nSPS) is 13.2. The van der Waals surface area contributed by atoms with Gasteiger partial charge < -0.3 is 4.74 Å². The fraction of sp³-hybridized carbons (Fsp3) is 0.364. The van der Waals surface area contributed by atoms with Gasteiger partial charge in [0.15, 0.2) is 6.20 Å². The lowest BCUT2D eigenvalue weighted by atomic mass is 9.88. The highest BCUT2D eigenvalue weighted by atomic mass is 16.5. The second-order valence-electron chi connectivity index (χ2n) is 10.2. The smallest absolute Gasteiger partial charge is 0.220 e. The summed E-state index contributed by atoms with van der Waals surface area (Å²) in [5, 5.41) is 5.30. The average molecular weight is 467 g/mol. The van der Waals surface area contributed by atoms with Crippen molar-refractivity contribution >= 4 is 21.5 Å². The number of rotatable bonds is 8. The maximum atomic E-state index is 5.53. The predicted molar refractivity (Wildman–Crippen MR) is 150 cm³/mol. The number of methoxy groups -OCH3 is 1. The highest BCUT2D eigenvalue weighted by molar-refractivity contribution is 6.10. The van der Waals surface area contributed by atoms with E-state index in [2.05, 4.69) is 107 Å². The van der Waals surface area contributed by atoms with Gasteiger partial charge in [-0.1, -0.05) is 62.2 Å². The summed E-state index contributed by atoms with van der Waals surface area (Å²) in [5.41, 5.74) is 8.03. The molecule has 0 amide bonds. The molecule has 1 atom stereocenters. The maximum Gasteiger partial charge on any atom is 0.220 e. The van der Waals surface area contributed by atoms with Crippen molar-refractivity contribution < 1.29 is 9.30 Å². The Kier molecular flexibility index (Phi) is 7.60. The standard InChI is InChI=1S/C33H40NO/c1-8-9-10-26-12-15-29-28(21-26)14-16-31-30(29)17-18-34(6)33(31)32-19-22(2)11-13-27(32)20-23(3)24(4)25(5)35-7/h11-19,21,23H,8-10,20H2,1-7H3/q+1. The molecule has 1 heterocycles. The largest absolute Gasteiger partial charge is 0.501 e. The maximum absolute atomic E-state index is 5.53. The summed E-state index contributed by atoms with van der Waals surface area (Å²) in [5.74, 6) is 1.42. The third kappa shape index (κ3) is 5.12. The molecule has 0 N–H and O–H groups in total. The number of aromatic nitrogens is 1. The molecule has 0 aliphatic rings. The van der Waals surface area contributed by atoms with Crippen molar-refractivity contribution in [3.63, 3.8) is 0 Å². The van der Waals surface area contributed by atoms with E-state index in [1.54, 1.807) is 7.11 Å². The van der Waals surface area contributed by atoms with Gasteiger partial charge in [0.25, 0.3) is 0 Å². The first kappa shape index (κ1) is 25.0. The third-order valence-electron chi connectivity index (χ3n) is 7.66. The molecule has 2 nitrogen and oxygen atoms in total. The average Bonchev–Trinajstić information content (AvgIpc) is 2.87. The van der Waals surface area contributed by atoms with Gasteiger partial charge >= 0.3 is 0 Å². The van der Waals surface area contributed by atoms with E-state index in [0.29, 0.717) is 5.92 Å². The van der Waals surface area contributed by atoms with Crippen LogP contribution in [-0.2, 0) is 24.6 Å². The van der Waals surface area contributed by atoms with Gasteiger partial charge in [-0.2, -0.15) is 0 Å². The van der Waals surface area contributed by atoms with Gasteiger partial charge in [-0.15, -0.1) is 0 Å². The van der Waals surface area contributed by atoms with E-state index in [1.807, 2.05) is 0 Å². The fourth-order valence-corrected chi connectivity index (χ4v) is 5.19.